The van der Waals surface area contributed by atoms with Gasteiger partial charge in [0.05, 0.1) is 0 Å². The van der Waals surface area contributed by atoms with Gasteiger partial charge in [0.1, 0.15) is 0 Å². The summed E-state index contributed by atoms with van der Waals surface area (Å²) < 4.78 is 0. The van der Waals surface area contributed by atoms with Crippen molar-refractivity contribution in [2.75, 3.05) is 0 Å². The first-order valence-corrected chi connectivity index (χ1v) is 6.74. The molecule has 8 nitrogen and oxygen atoms in total. The molecule has 8 N–H and O–H groups in total. The first-order valence-electron chi connectivity index (χ1n) is 5.85. The maximum Gasteiger partial charge on any atom is 2.00 e. The van der Waals surface area contributed by atoms with Gasteiger partial charge in [-0.2, -0.15) is 12.4 Å². The predicted octanol–water partition coefficient (Wildman–Crippen LogP) is -3.18. The number of nitrogens with zero attached hydrogens (tertiary/aromatic N) is 2. The molecule has 0 radical (unpaired) electrons. The van der Waals surface area contributed by atoms with E-state index in [9.17, 15) is 0 Å². The standard InChI is InChI=1S/2C6H7N3OS.Pt/c2*7-6(10)9-5(11)4-2-1-3-8-4;/h2*1-3H,(H4,7,8,9,10,11);/q;;+2/p+2. The molecule has 0 atom stereocenters. The minimum atomic E-state index is -0.391. The second-order valence-electron chi connectivity index (χ2n) is 3.76. The molecule has 0 aliphatic heterocycles. The van der Waals surface area contributed by atoms with E-state index in [0.29, 0.717) is 21.4 Å². The summed E-state index contributed by atoms with van der Waals surface area (Å²) in [5, 5.41) is 4.83. The summed E-state index contributed by atoms with van der Waals surface area (Å²) in [6.45, 7) is 0. The molecule has 2 rings (SSSR count). The van der Waals surface area contributed by atoms with Gasteiger partial charge in [0.25, 0.3) is 9.98 Å². The van der Waals surface area contributed by atoms with Crippen molar-refractivity contribution in [3.63, 3.8) is 0 Å². The van der Waals surface area contributed by atoms with Crippen LogP contribution in [-0.2, 0) is 45.5 Å². The van der Waals surface area contributed by atoms with E-state index in [4.69, 9.17) is 21.1 Å². The average Bonchev–Trinajstić information content (AvgIpc) is 3.12. The van der Waals surface area contributed by atoms with Crippen LogP contribution in [0.2, 0.25) is 0 Å². The molecule has 2 heterocycles. The molecule has 0 aliphatic carbocycles. The molecule has 0 spiro atoms. The summed E-state index contributed by atoms with van der Waals surface area (Å²) in [4.78, 5) is 25.9. The van der Waals surface area contributed by atoms with E-state index >= 15 is 0 Å². The van der Waals surface area contributed by atoms with Gasteiger partial charge in [-0.15, -0.1) is 0 Å². The molecule has 2 aromatic heterocycles. The third-order valence-corrected chi connectivity index (χ3v) is 2.77. The molecule has 4 amide bonds. The largest absolute Gasteiger partial charge is 2.00 e. The zero-order chi connectivity index (χ0) is 16.5. The van der Waals surface area contributed by atoms with Gasteiger partial charge in [0, 0.05) is 0 Å². The Morgan fingerprint density at radius 3 is 1.43 bits per heavy atom. The van der Waals surface area contributed by atoms with Crippen molar-refractivity contribution in [3.8, 4) is 0 Å². The molecule has 2 aromatic rings. The predicted molar refractivity (Wildman–Crippen MR) is 93.8 cm³/mol. The van der Waals surface area contributed by atoms with Crippen molar-refractivity contribution in [1.29, 1.82) is 0 Å². The van der Waals surface area contributed by atoms with Crippen LogP contribution < -0.4 is 32.1 Å². The topological polar surface area (TPSA) is 147 Å². The summed E-state index contributed by atoms with van der Waals surface area (Å²) in [6.07, 6.45) is 3.25. The van der Waals surface area contributed by atoms with E-state index in [0.717, 1.165) is 0 Å². The summed E-state index contributed by atoms with van der Waals surface area (Å²) in [5.41, 5.74) is 11.2. The molecule has 0 fully saturated rings. The summed E-state index contributed by atoms with van der Waals surface area (Å²) in [6, 6.07) is 6.24. The van der Waals surface area contributed by atoms with Crippen LogP contribution in [0.5, 0.6) is 0 Å². The van der Waals surface area contributed by atoms with Gasteiger partial charge in [-0.3, -0.25) is 0 Å². The van der Waals surface area contributed by atoms with E-state index in [1.165, 1.54) is 0 Å². The Morgan fingerprint density at radius 2 is 1.22 bits per heavy atom. The molecular formula is C12H16N6O2PtS2+4. The maximum absolute atomic E-state index is 8.61. The van der Waals surface area contributed by atoms with Gasteiger partial charge < -0.3 is 21.4 Å². The Bertz CT molecular complexity index is 599. The van der Waals surface area contributed by atoms with Crippen LogP contribution in [0.3, 0.4) is 0 Å². The SMILES string of the molecule is NC(=[OH+])NC(=[SH+])c1ccc[n-]1.NC(=[OH+])NC(=[SH+])c1ccc[n-]1.[Pt+2]. The molecule has 0 aliphatic rings. The van der Waals surface area contributed by atoms with Gasteiger partial charge >= 0.3 is 33.1 Å². The van der Waals surface area contributed by atoms with Gasteiger partial charge in [0.15, 0.2) is 24.4 Å². The molecule has 0 saturated carbocycles. The van der Waals surface area contributed by atoms with E-state index in [1.54, 1.807) is 36.7 Å². The smallest absolute Gasteiger partial charge is 0.658 e. The Hall–Kier alpha value is -2.03. The van der Waals surface area contributed by atoms with Gasteiger partial charge in [-0.1, -0.05) is 35.7 Å². The molecule has 0 aromatic carbocycles. The summed E-state index contributed by atoms with van der Waals surface area (Å²) >= 11 is 8.01. The number of hydrogen-bond donors (Lipinski definition) is 4. The number of thiol groups is 2. The van der Waals surface area contributed by atoms with Crippen LogP contribution in [0.1, 0.15) is 11.4 Å². The second kappa shape index (κ2) is 10.7. The van der Waals surface area contributed by atoms with Crippen molar-refractivity contribution in [3.05, 3.63) is 48.0 Å². The number of hydrogen-bond acceptors (Lipinski definition) is 0. The second-order valence-corrected chi connectivity index (χ2v) is 4.66. The minimum absolute atomic E-state index is 0. The number of rotatable bonds is 2. The first-order chi connectivity index (χ1) is 10.4. The van der Waals surface area contributed by atoms with Gasteiger partial charge in [-0.05, 0) is 0 Å². The van der Waals surface area contributed by atoms with E-state index < -0.39 is 12.1 Å². The Kier molecular flexibility index (Phi) is 9.71. The number of urea groups is 2. The van der Waals surface area contributed by atoms with E-state index in [-0.39, 0.29) is 21.1 Å². The summed E-state index contributed by atoms with van der Waals surface area (Å²) in [7, 11) is 0. The van der Waals surface area contributed by atoms with Crippen LogP contribution in [0.25, 0.3) is 0 Å². The number of nitrogens with two attached hydrogens (primary N) is 2. The minimum Gasteiger partial charge on any atom is -0.658 e. The zero-order valence-electron chi connectivity index (χ0n) is 11.6. The van der Waals surface area contributed by atoms with Crippen LogP contribution in [0, 0.1) is 0 Å². The fourth-order valence-electron chi connectivity index (χ4n) is 1.25. The van der Waals surface area contributed by atoms with Crippen molar-refractivity contribution >= 4 is 46.5 Å². The monoisotopic (exact) mass is 535 g/mol. The van der Waals surface area contributed by atoms with Crippen molar-refractivity contribution < 1.29 is 30.7 Å². The van der Waals surface area contributed by atoms with Crippen LogP contribution in [0.15, 0.2) is 36.7 Å². The first kappa shape index (κ1) is 21.0. The van der Waals surface area contributed by atoms with Crippen molar-refractivity contribution in [1.82, 2.24) is 20.6 Å². The molecule has 11 heteroatoms. The van der Waals surface area contributed by atoms with Crippen molar-refractivity contribution in [2.45, 2.75) is 0 Å². The number of nitrogens with one attached hydrogen (secondary N) is 2. The molecule has 0 saturated heterocycles. The van der Waals surface area contributed by atoms with Crippen LogP contribution >= 0.6 is 0 Å². The molecular weight excluding hydrogens is 519 g/mol. The fourth-order valence-corrected chi connectivity index (χ4v) is 1.75. The maximum atomic E-state index is 8.61. The number of aromatic nitrogens is 2. The molecule has 23 heavy (non-hydrogen) atoms. The Balaban J connectivity index is 0.000000403. The molecule has 0 bridgehead atoms. The van der Waals surface area contributed by atoms with E-state index in [2.05, 4.69) is 45.0 Å². The van der Waals surface area contributed by atoms with Gasteiger partial charge in [-0.25, -0.2) is 20.2 Å². The summed E-state index contributed by atoms with van der Waals surface area (Å²) in [5.74, 6) is 0. The third kappa shape index (κ3) is 8.24. The van der Waals surface area contributed by atoms with E-state index in [1.807, 2.05) is 0 Å². The quantitative estimate of drug-likeness (QED) is 0.183. The fraction of sp³-hybridized carbons (Fsp3) is 0. The van der Waals surface area contributed by atoms with Crippen molar-refractivity contribution in [2.24, 2.45) is 11.5 Å². The Labute approximate surface area is 157 Å². The molecule has 124 valence electrons. The number of amides is 4. The average molecular weight is 536 g/mol. The number of primary amides is 2. The van der Waals surface area contributed by atoms with Gasteiger partial charge in [0.2, 0.25) is 0 Å². The number of carbonyl (C=O) groups excluding carboxylic acids is 2. The third-order valence-electron chi connectivity index (χ3n) is 2.09. The Morgan fingerprint density at radius 1 is 0.870 bits per heavy atom. The van der Waals surface area contributed by atoms with Crippen LogP contribution in [0.4, 0.5) is 0 Å². The zero-order valence-corrected chi connectivity index (χ0v) is 15.7. The van der Waals surface area contributed by atoms with Crippen LogP contribution in [-0.4, -0.2) is 31.6 Å². The normalized spacial score (nSPS) is 8.70. The molecule has 0 unspecified atom stereocenters.